The molecule has 0 aliphatic carbocycles. The SMILES string of the molecule is [CH2-][N+](C)(CCCCCCCCCCCC)CCCCCCCCCCCC. The van der Waals surface area contributed by atoms with Gasteiger partial charge in [-0.3, -0.25) is 0 Å². The maximum atomic E-state index is 4.46. The van der Waals surface area contributed by atoms with E-state index in [2.05, 4.69) is 27.9 Å². The average Bonchev–Trinajstić information content (AvgIpc) is 2.64. The van der Waals surface area contributed by atoms with Crippen molar-refractivity contribution in [1.29, 1.82) is 0 Å². The Labute approximate surface area is 174 Å². The van der Waals surface area contributed by atoms with E-state index in [4.69, 9.17) is 0 Å². The highest BCUT2D eigenvalue weighted by Gasteiger charge is 2.07. The molecule has 0 saturated heterocycles. The first-order valence-corrected chi connectivity index (χ1v) is 12.8. The summed E-state index contributed by atoms with van der Waals surface area (Å²) in [5.74, 6) is 0. The maximum Gasteiger partial charge on any atom is 0.0543 e. The van der Waals surface area contributed by atoms with E-state index in [1.807, 2.05) is 0 Å². The van der Waals surface area contributed by atoms with Crippen molar-refractivity contribution in [3.05, 3.63) is 7.05 Å². The topological polar surface area (TPSA) is 0 Å². The fraction of sp³-hybridized carbons (Fsp3) is 0.962. The number of hydrogen-bond acceptors (Lipinski definition) is 0. The molecule has 164 valence electrons. The molecule has 0 radical (unpaired) electrons. The van der Waals surface area contributed by atoms with Crippen LogP contribution in [0, 0.1) is 7.05 Å². The molecule has 1 heteroatoms. The summed E-state index contributed by atoms with van der Waals surface area (Å²) in [4.78, 5) is 0. The lowest BCUT2D eigenvalue weighted by molar-refractivity contribution is -0.866. The third kappa shape index (κ3) is 22.1. The van der Waals surface area contributed by atoms with Gasteiger partial charge in [0.2, 0.25) is 0 Å². The zero-order valence-electron chi connectivity index (χ0n) is 19.7. The van der Waals surface area contributed by atoms with Crippen molar-refractivity contribution < 1.29 is 4.48 Å². The van der Waals surface area contributed by atoms with Crippen molar-refractivity contribution in [3.63, 3.8) is 0 Å². The zero-order valence-corrected chi connectivity index (χ0v) is 19.7. The summed E-state index contributed by atoms with van der Waals surface area (Å²) in [6.07, 6.45) is 28.6. The van der Waals surface area contributed by atoms with Crippen LogP contribution in [-0.4, -0.2) is 24.6 Å². The van der Waals surface area contributed by atoms with Crippen molar-refractivity contribution >= 4 is 0 Å². The van der Waals surface area contributed by atoms with Crippen molar-refractivity contribution in [2.45, 2.75) is 142 Å². The lowest BCUT2D eigenvalue weighted by atomic mass is 10.1. The van der Waals surface area contributed by atoms with Crippen molar-refractivity contribution in [2.24, 2.45) is 0 Å². The van der Waals surface area contributed by atoms with E-state index in [1.165, 1.54) is 142 Å². The van der Waals surface area contributed by atoms with E-state index in [9.17, 15) is 0 Å². The van der Waals surface area contributed by atoms with E-state index in [0.717, 1.165) is 4.48 Å². The first kappa shape index (κ1) is 27.0. The van der Waals surface area contributed by atoms with Crippen LogP contribution in [0.25, 0.3) is 0 Å². The number of unbranched alkanes of at least 4 members (excludes halogenated alkanes) is 18. The summed E-state index contributed by atoms with van der Waals surface area (Å²) in [7, 11) is 6.79. The Morgan fingerprint density at radius 2 is 0.630 bits per heavy atom. The summed E-state index contributed by atoms with van der Waals surface area (Å²) < 4.78 is 0.994. The molecule has 0 aliphatic rings. The predicted molar refractivity (Wildman–Crippen MR) is 125 cm³/mol. The Morgan fingerprint density at radius 3 is 0.889 bits per heavy atom. The Bertz CT molecular complexity index is 245. The van der Waals surface area contributed by atoms with Crippen LogP contribution >= 0.6 is 0 Å². The molecule has 0 amide bonds. The molecule has 0 unspecified atom stereocenters. The molecule has 0 fully saturated rings. The molecule has 0 spiro atoms. The van der Waals surface area contributed by atoms with Gasteiger partial charge in [-0.15, -0.1) is 7.05 Å². The molecule has 0 saturated carbocycles. The molecule has 0 atom stereocenters. The molecule has 0 N–H and O–H groups in total. The van der Waals surface area contributed by atoms with Gasteiger partial charge in [-0.2, -0.15) is 0 Å². The molecule has 0 bridgehead atoms. The fourth-order valence-corrected chi connectivity index (χ4v) is 4.07. The lowest BCUT2D eigenvalue weighted by Gasteiger charge is -2.38. The van der Waals surface area contributed by atoms with Gasteiger partial charge in [-0.05, 0) is 25.7 Å². The fourth-order valence-electron chi connectivity index (χ4n) is 4.07. The van der Waals surface area contributed by atoms with Gasteiger partial charge in [0.05, 0.1) is 13.1 Å². The minimum Gasteiger partial charge on any atom is -0.459 e. The van der Waals surface area contributed by atoms with E-state index in [0.29, 0.717) is 0 Å². The summed E-state index contributed by atoms with van der Waals surface area (Å²) in [5.41, 5.74) is 0. The van der Waals surface area contributed by atoms with Crippen molar-refractivity contribution in [3.8, 4) is 0 Å². The van der Waals surface area contributed by atoms with E-state index in [1.54, 1.807) is 0 Å². The van der Waals surface area contributed by atoms with Crippen LogP contribution in [-0.2, 0) is 0 Å². The van der Waals surface area contributed by atoms with Crippen LogP contribution in [0.5, 0.6) is 0 Å². The van der Waals surface area contributed by atoms with E-state index < -0.39 is 0 Å². The summed E-state index contributed by atoms with van der Waals surface area (Å²) in [6, 6.07) is 0. The first-order valence-electron chi connectivity index (χ1n) is 12.8. The highest BCUT2D eigenvalue weighted by Crippen LogP contribution is 2.14. The van der Waals surface area contributed by atoms with Gasteiger partial charge in [0.1, 0.15) is 0 Å². The average molecular weight is 382 g/mol. The van der Waals surface area contributed by atoms with Gasteiger partial charge >= 0.3 is 0 Å². The van der Waals surface area contributed by atoms with Crippen LogP contribution in [0.2, 0.25) is 0 Å². The van der Waals surface area contributed by atoms with Crippen LogP contribution < -0.4 is 0 Å². The van der Waals surface area contributed by atoms with Gasteiger partial charge in [-0.1, -0.05) is 117 Å². The molecule has 0 heterocycles. The maximum absolute atomic E-state index is 4.46. The number of rotatable bonds is 22. The number of nitrogens with zero attached hydrogens (tertiary/aromatic N) is 1. The largest absolute Gasteiger partial charge is 0.459 e. The van der Waals surface area contributed by atoms with Gasteiger partial charge in [0.25, 0.3) is 0 Å². The normalized spacial score (nSPS) is 12.0. The van der Waals surface area contributed by atoms with Gasteiger partial charge in [-0.25, -0.2) is 0 Å². The second-order valence-corrected chi connectivity index (χ2v) is 9.43. The molecule has 0 aromatic carbocycles. The Morgan fingerprint density at radius 1 is 0.407 bits per heavy atom. The third-order valence-corrected chi connectivity index (χ3v) is 6.10. The lowest BCUT2D eigenvalue weighted by Crippen LogP contribution is -2.38. The van der Waals surface area contributed by atoms with Crippen LogP contribution in [0.4, 0.5) is 0 Å². The summed E-state index contributed by atoms with van der Waals surface area (Å²) in [5, 5.41) is 0. The van der Waals surface area contributed by atoms with E-state index >= 15 is 0 Å². The molecular formula is C26H55N. The van der Waals surface area contributed by atoms with Crippen LogP contribution in [0.3, 0.4) is 0 Å². The second-order valence-electron chi connectivity index (χ2n) is 9.43. The highest BCUT2D eigenvalue weighted by molar-refractivity contribution is 4.50. The van der Waals surface area contributed by atoms with Gasteiger partial charge < -0.3 is 4.48 Å². The van der Waals surface area contributed by atoms with Crippen LogP contribution in [0.1, 0.15) is 142 Å². The molecule has 1 nitrogen and oxygen atoms in total. The molecule has 0 aromatic heterocycles. The summed E-state index contributed by atoms with van der Waals surface area (Å²) >= 11 is 0. The Hall–Kier alpha value is -0.0400. The van der Waals surface area contributed by atoms with Crippen molar-refractivity contribution in [1.82, 2.24) is 0 Å². The van der Waals surface area contributed by atoms with Gasteiger partial charge in [0, 0.05) is 7.05 Å². The Balaban J connectivity index is 3.31. The smallest absolute Gasteiger partial charge is 0.0543 e. The summed E-state index contributed by atoms with van der Waals surface area (Å²) in [6.45, 7) is 7.14. The highest BCUT2D eigenvalue weighted by atomic mass is 15.3. The monoisotopic (exact) mass is 381 g/mol. The molecule has 27 heavy (non-hydrogen) atoms. The third-order valence-electron chi connectivity index (χ3n) is 6.10. The standard InChI is InChI=1S/C26H55N/c1-5-7-9-11-13-15-17-19-21-23-25-27(3,4)26-24-22-20-18-16-14-12-10-8-6-2/h3,5-26H2,1-2,4H3. The minimum atomic E-state index is 0.994. The molecule has 0 aliphatic heterocycles. The number of hydrogen-bond donors (Lipinski definition) is 0. The minimum absolute atomic E-state index is 0.994. The zero-order chi connectivity index (χ0) is 20.1. The molecule has 0 aromatic rings. The van der Waals surface area contributed by atoms with Gasteiger partial charge in [0.15, 0.2) is 0 Å². The van der Waals surface area contributed by atoms with E-state index in [-0.39, 0.29) is 0 Å². The second kappa shape index (κ2) is 20.7. The Kier molecular flexibility index (Phi) is 20.7. The molecule has 0 rings (SSSR count). The van der Waals surface area contributed by atoms with Crippen LogP contribution in [0.15, 0.2) is 0 Å². The predicted octanol–water partition coefficient (Wildman–Crippen LogP) is 9.07. The quantitative estimate of drug-likeness (QED) is 0.0996. The first-order chi connectivity index (χ1) is 13.1. The molecular weight excluding hydrogens is 326 g/mol. The van der Waals surface area contributed by atoms with Crippen molar-refractivity contribution in [2.75, 3.05) is 20.1 Å². The number of quaternary nitrogens is 1.